The summed E-state index contributed by atoms with van der Waals surface area (Å²) in [7, 11) is 2.77. The van der Waals surface area contributed by atoms with Crippen LogP contribution in [0, 0.1) is 0 Å². The minimum absolute atomic E-state index is 0.233. The summed E-state index contributed by atoms with van der Waals surface area (Å²) >= 11 is 6.09. The minimum atomic E-state index is -0.499. The second kappa shape index (κ2) is 5.92. The van der Waals surface area contributed by atoms with E-state index in [1.807, 2.05) is 6.07 Å². The van der Waals surface area contributed by atoms with Crippen molar-refractivity contribution in [3.63, 3.8) is 0 Å². The van der Waals surface area contributed by atoms with E-state index in [1.54, 1.807) is 18.2 Å². The zero-order valence-electron chi connectivity index (χ0n) is 11.3. The molecule has 0 bridgehead atoms. The summed E-state index contributed by atoms with van der Waals surface area (Å²) in [5.41, 5.74) is 1.94. The molecule has 0 radical (unpaired) electrons. The first-order chi connectivity index (χ1) is 9.60. The van der Waals surface area contributed by atoms with Crippen molar-refractivity contribution in [3.8, 4) is 5.88 Å². The fourth-order valence-corrected chi connectivity index (χ4v) is 2.28. The molecule has 0 atom stereocenters. The van der Waals surface area contributed by atoms with Crippen LogP contribution < -0.4 is 4.74 Å². The normalized spacial score (nSPS) is 10.3. The SMILES string of the molecule is C=CCc1cc(Cl)cc2cc(C(=O)OC)c(OC)nc12. The predicted molar refractivity (Wildman–Crippen MR) is 78.5 cm³/mol. The summed E-state index contributed by atoms with van der Waals surface area (Å²) < 4.78 is 9.90. The summed E-state index contributed by atoms with van der Waals surface area (Å²) in [5, 5.41) is 1.34. The maximum Gasteiger partial charge on any atom is 0.343 e. The second-order valence-electron chi connectivity index (χ2n) is 4.17. The second-order valence-corrected chi connectivity index (χ2v) is 4.60. The average Bonchev–Trinajstić information content (AvgIpc) is 2.45. The van der Waals surface area contributed by atoms with Crippen molar-refractivity contribution in [2.75, 3.05) is 14.2 Å². The summed E-state index contributed by atoms with van der Waals surface area (Å²) in [6.07, 6.45) is 2.40. The minimum Gasteiger partial charge on any atom is -0.480 e. The highest BCUT2D eigenvalue weighted by Crippen LogP contribution is 2.28. The molecule has 0 fully saturated rings. The van der Waals surface area contributed by atoms with Crippen molar-refractivity contribution in [2.24, 2.45) is 0 Å². The Morgan fingerprint density at radius 1 is 1.40 bits per heavy atom. The fourth-order valence-electron chi connectivity index (χ4n) is 2.03. The van der Waals surface area contributed by atoms with E-state index in [9.17, 15) is 4.79 Å². The first-order valence-electron chi connectivity index (χ1n) is 5.97. The first kappa shape index (κ1) is 14.3. The molecule has 2 aromatic rings. The van der Waals surface area contributed by atoms with Gasteiger partial charge in [0.05, 0.1) is 19.7 Å². The number of fused-ring (bicyclic) bond motifs is 1. The third-order valence-electron chi connectivity index (χ3n) is 2.89. The van der Waals surface area contributed by atoms with Gasteiger partial charge >= 0.3 is 5.97 Å². The maximum atomic E-state index is 11.7. The van der Waals surface area contributed by atoms with Crippen LogP contribution in [0.2, 0.25) is 5.02 Å². The van der Waals surface area contributed by atoms with E-state index >= 15 is 0 Å². The predicted octanol–water partition coefficient (Wildman–Crippen LogP) is 3.41. The molecule has 1 aromatic carbocycles. The molecule has 0 spiro atoms. The average molecular weight is 292 g/mol. The smallest absolute Gasteiger partial charge is 0.343 e. The molecule has 2 rings (SSSR count). The van der Waals surface area contributed by atoms with E-state index in [4.69, 9.17) is 21.1 Å². The molecule has 0 unspecified atom stereocenters. The van der Waals surface area contributed by atoms with Crippen LogP contribution in [-0.2, 0) is 11.2 Å². The number of ether oxygens (including phenoxy) is 2. The molecule has 0 aliphatic rings. The number of nitrogens with zero attached hydrogens (tertiary/aromatic N) is 1. The van der Waals surface area contributed by atoms with E-state index in [-0.39, 0.29) is 11.4 Å². The quantitative estimate of drug-likeness (QED) is 0.640. The Morgan fingerprint density at radius 2 is 2.15 bits per heavy atom. The number of hydrogen-bond donors (Lipinski definition) is 0. The van der Waals surface area contributed by atoms with Crippen molar-refractivity contribution in [3.05, 3.63) is 47.0 Å². The van der Waals surface area contributed by atoms with Crippen molar-refractivity contribution >= 4 is 28.5 Å². The number of carbonyl (C=O) groups excluding carboxylic acids is 1. The molecule has 104 valence electrons. The summed E-state index contributed by atoms with van der Waals surface area (Å²) in [6.45, 7) is 3.72. The van der Waals surface area contributed by atoms with Gasteiger partial charge in [-0.15, -0.1) is 6.58 Å². The number of allylic oxidation sites excluding steroid dienone is 1. The number of halogens is 1. The molecule has 0 aliphatic heterocycles. The lowest BCUT2D eigenvalue weighted by Crippen LogP contribution is -2.06. The van der Waals surface area contributed by atoms with Gasteiger partial charge in [-0.1, -0.05) is 17.7 Å². The summed E-state index contributed by atoms with van der Waals surface area (Å²) in [6, 6.07) is 5.25. The lowest BCUT2D eigenvalue weighted by Gasteiger charge is -2.10. The highest BCUT2D eigenvalue weighted by atomic mass is 35.5. The van der Waals surface area contributed by atoms with Crippen molar-refractivity contribution in [1.82, 2.24) is 4.98 Å². The van der Waals surface area contributed by atoms with E-state index in [0.717, 1.165) is 16.5 Å². The van der Waals surface area contributed by atoms with Crippen LogP contribution in [0.25, 0.3) is 10.9 Å². The lowest BCUT2D eigenvalue weighted by molar-refractivity contribution is 0.0596. The van der Waals surface area contributed by atoms with Crippen LogP contribution in [0.3, 0.4) is 0 Å². The number of benzene rings is 1. The molecule has 0 amide bonds. The van der Waals surface area contributed by atoms with Gasteiger partial charge in [0, 0.05) is 10.4 Å². The van der Waals surface area contributed by atoms with Crippen LogP contribution >= 0.6 is 11.6 Å². The zero-order valence-corrected chi connectivity index (χ0v) is 12.0. The van der Waals surface area contributed by atoms with Gasteiger partial charge in [0.25, 0.3) is 0 Å². The number of hydrogen-bond acceptors (Lipinski definition) is 4. The van der Waals surface area contributed by atoms with Crippen LogP contribution in [0.4, 0.5) is 0 Å². The number of methoxy groups -OCH3 is 2. The van der Waals surface area contributed by atoms with Gasteiger partial charge in [0.1, 0.15) is 5.56 Å². The van der Waals surface area contributed by atoms with Crippen molar-refractivity contribution in [1.29, 1.82) is 0 Å². The largest absolute Gasteiger partial charge is 0.480 e. The van der Waals surface area contributed by atoms with E-state index in [2.05, 4.69) is 11.6 Å². The Hall–Kier alpha value is -2.07. The Bertz CT molecular complexity index is 682. The van der Waals surface area contributed by atoms with Crippen molar-refractivity contribution < 1.29 is 14.3 Å². The van der Waals surface area contributed by atoms with Crippen LogP contribution in [0.15, 0.2) is 30.9 Å². The Labute approximate surface area is 122 Å². The van der Waals surface area contributed by atoms with Crippen LogP contribution in [0.5, 0.6) is 5.88 Å². The van der Waals surface area contributed by atoms with Gasteiger partial charge < -0.3 is 9.47 Å². The highest BCUT2D eigenvalue weighted by Gasteiger charge is 2.17. The first-order valence-corrected chi connectivity index (χ1v) is 6.35. The fraction of sp³-hybridized carbons (Fsp3) is 0.200. The van der Waals surface area contributed by atoms with Crippen LogP contribution in [-0.4, -0.2) is 25.2 Å². The molecular weight excluding hydrogens is 278 g/mol. The lowest BCUT2D eigenvalue weighted by atomic mass is 10.1. The molecule has 1 heterocycles. The van der Waals surface area contributed by atoms with Gasteiger partial charge in [-0.25, -0.2) is 9.78 Å². The third kappa shape index (κ3) is 2.60. The van der Waals surface area contributed by atoms with Gasteiger partial charge in [0.15, 0.2) is 0 Å². The molecule has 1 aromatic heterocycles. The topological polar surface area (TPSA) is 48.4 Å². The Balaban J connectivity index is 2.75. The summed E-state index contributed by atoms with van der Waals surface area (Å²) in [4.78, 5) is 16.1. The standard InChI is InChI=1S/C15H14ClNO3/c1-4-5-9-6-11(16)7-10-8-12(15(18)20-3)14(19-2)17-13(9)10/h4,6-8H,1,5H2,2-3H3. The van der Waals surface area contributed by atoms with Crippen LogP contribution in [0.1, 0.15) is 15.9 Å². The Kier molecular flexibility index (Phi) is 4.25. The number of esters is 1. The van der Waals surface area contributed by atoms with E-state index in [0.29, 0.717) is 11.4 Å². The highest BCUT2D eigenvalue weighted by molar-refractivity contribution is 6.31. The van der Waals surface area contributed by atoms with Gasteiger partial charge in [-0.3, -0.25) is 0 Å². The molecule has 0 aliphatic carbocycles. The number of rotatable bonds is 4. The molecule has 0 saturated heterocycles. The monoisotopic (exact) mass is 291 g/mol. The molecule has 20 heavy (non-hydrogen) atoms. The molecule has 0 saturated carbocycles. The summed E-state index contributed by atoms with van der Waals surface area (Å²) in [5.74, 6) is -0.265. The number of aromatic nitrogens is 1. The Morgan fingerprint density at radius 3 is 2.75 bits per heavy atom. The number of carbonyl (C=O) groups is 1. The number of pyridine rings is 1. The third-order valence-corrected chi connectivity index (χ3v) is 3.11. The zero-order chi connectivity index (χ0) is 14.7. The van der Waals surface area contributed by atoms with Crippen molar-refractivity contribution in [2.45, 2.75) is 6.42 Å². The molecule has 4 nitrogen and oxygen atoms in total. The molecule has 0 N–H and O–H groups in total. The van der Waals surface area contributed by atoms with E-state index < -0.39 is 5.97 Å². The van der Waals surface area contributed by atoms with Gasteiger partial charge in [0.2, 0.25) is 5.88 Å². The van der Waals surface area contributed by atoms with Gasteiger partial charge in [-0.05, 0) is 30.2 Å². The van der Waals surface area contributed by atoms with Gasteiger partial charge in [-0.2, -0.15) is 0 Å². The van der Waals surface area contributed by atoms with E-state index in [1.165, 1.54) is 14.2 Å². The maximum absolute atomic E-state index is 11.7. The molecular formula is C15H14ClNO3. The molecule has 5 heteroatoms.